The third-order valence-electron chi connectivity index (χ3n) is 5.50. The van der Waals surface area contributed by atoms with E-state index in [1.54, 1.807) is 33.4 Å². The largest absolute Gasteiger partial charge is 0.480 e. The van der Waals surface area contributed by atoms with Crippen molar-refractivity contribution >= 4 is 23.8 Å². The first kappa shape index (κ1) is 30.7. The predicted octanol–water partition coefficient (Wildman–Crippen LogP) is -2.94. The van der Waals surface area contributed by atoms with Gasteiger partial charge in [-0.2, -0.15) is 0 Å². The van der Waals surface area contributed by atoms with Gasteiger partial charge >= 0.3 is 17.9 Å². The maximum absolute atomic E-state index is 12.6. The summed E-state index contributed by atoms with van der Waals surface area (Å²) in [6.45, 7) is 3.87. The number of β-amino-alcohol motifs (C(OH)–C–C–N with tert-alkyl or cyclic N) is 2. The third kappa shape index (κ3) is 13.9. The summed E-state index contributed by atoms with van der Waals surface area (Å²) >= 11 is 0. The van der Waals surface area contributed by atoms with Crippen LogP contribution in [0.2, 0.25) is 0 Å². The molecular formula is C21H39N5O9. The van der Waals surface area contributed by atoms with Crippen molar-refractivity contribution in [2.75, 3.05) is 72.0 Å². The Hall–Kier alpha value is -2.36. The van der Waals surface area contributed by atoms with E-state index in [1.165, 1.54) is 0 Å². The van der Waals surface area contributed by atoms with Crippen molar-refractivity contribution < 1.29 is 44.7 Å². The number of aliphatic carboxylic acids is 3. The van der Waals surface area contributed by atoms with E-state index in [0.29, 0.717) is 0 Å². The average molecular weight is 506 g/mol. The molecule has 0 aromatic rings. The van der Waals surface area contributed by atoms with Gasteiger partial charge < -0.3 is 30.8 Å². The molecule has 1 fully saturated rings. The highest BCUT2D eigenvalue weighted by Crippen LogP contribution is 2.11. The fourth-order valence-electron chi connectivity index (χ4n) is 4.01. The Balaban J connectivity index is 3.27. The van der Waals surface area contributed by atoms with E-state index in [-0.39, 0.29) is 90.4 Å². The zero-order valence-electron chi connectivity index (χ0n) is 20.4. The van der Waals surface area contributed by atoms with E-state index < -0.39 is 30.2 Å². The molecule has 14 nitrogen and oxygen atoms in total. The van der Waals surface area contributed by atoms with Gasteiger partial charge in [0.15, 0.2) is 6.29 Å². The zero-order chi connectivity index (χ0) is 26.5. The fourth-order valence-corrected chi connectivity index (χ4v) is 4.01. The Morgan fingerprint density at radius 1 is 0.771 bits per heavy atom. The SMILES string of the molecule is CC(C)NC(=O)CC1CN(CC(O)O)CCN(CC(=O)O)CCN(CC(=O)O)CCN1CC(=O)O. The molecule has 14 heteroatoms. The van der Waals surface area contributed by atoms with E-state index in [1.807, 2.05) is 0 Å². The van der Waals surface area contributed by atoms with Gasteiger partial charge in [0.1, 0.15) is 0 Å². The van der Waals surface area contributed by atoms with Crippen LogP contribution in [0.15, 0.2) is 0 Å². The molecule has 0 saturated carbocycles. The smallest absolute Gasteiger partial charge is 0.317 e. The molecule has 1 aliphatic rings. The molecule has 1 aliphatic heterocycles. The van der Waals surface area contributed by atoms with E-state index in [2.05, 4.69) is 5.32 Å². The Bertz CT molecular complexity index is 707. The number of carboxylic acids is 3. The number of rotatable bonds is 11. The lowest BCUT2D eigenvalue weighted by Gasteiger charge is -2.38. The molecule has 35 heavy (non-hydrogen) atoms. The number of aliphatic hydroxyl groups is 2. The zero-order valence-corrected chi connectivity index (χ0v) is 20.4. The summed E-state index contributed by atoms with van der Waals surface area (Å²) in [5.74, 6) is -3.53. The van der Waals surface area contributed by atoms with Crippen LogP contribution in [0, 0.1) is 0 Å². The minimum absolute atomic E-state index is 0.0543. The van der Waals surface area contributed by atoms with E-state index in [0.717, 1.165) is 0 Å². The second-order valence-electron chi connectivity index (χ2n) is 9.02. The maximum Gasteiger partial charge on any atom is 0.317 e. The van der Waals surface area contributed by atoms with Crippen LogP contribution >= 0.6 is 0 Å². The quantitative estimate of drug-likeness (QED) is 0.156. The number of aliphatic hydroxyl groups excluding tert-OH is 1. The number of carbonyl (C=O) groups is 4. The van der Waals surface area contributed by atoms with Crippen LogP contribution in [0.5, 0.6) is 0 Å². The predicted molar refractivity (Wildman–Crippen MR) is 124 cm³/mol. The number of carbonyl (C=O) groups excluding carboxylic acids is 1. The average Bonchev–Trinajstić information content (AvgIpc) is 2.69. The van der Waals surface area contributed by atoms with Crippen LogP contribution in [-0.2, 0) is 19.2 Å². The molecule has 0 aromatic carbocycles. The maximum atomic E-state index is 12.6. The molecule has 0 aromatic heterocycles. The molecule has 0 radical (unpaired) electrons. The fraction of sp³-hybridized carbons (Fsp3) is 0.810. The molecule has 0 aliphatic carbocycles. The number of nitrogens with zero attached hydrogens (tertiary/aromatic N) is 4. The summed E-state index contributed by atoms with van der Waals surface area (Å²) in [4.78, 5) is 53.3. The minimum atomic E-state index is -1.68. The summed E-state index contributed by atoms with van der Waals surface area (Å²) in [5.41, 5.74) is 0. The summed E-state index contributed by atoms with van der Waals surface area (Å²) in [7, 11) is 0. The molecule has 0 bridgehead atoms. The summed E-state index contributed by atoms with van der Waals surface area (Å²) in [6, 6.07) is -0.754. The molecule has 0 spiro atoms. The van der Waals surface area contributed by atoms with Crippen LogP contribution in [0.4, 0.5) is 0 Å². The molecule has 1 rings (SSSR count). The van der Waals surface area contributed by atoms with E-state index in [9.17, 15) is 44.7 Å². The van der Waals surface area contributed by atoms with Crippen molar-refractivity contribution in [1.29, 1.82) is 0 Å². The number of hydrogen-bond acceptors (Lipinski definition) is 10. The second-order valence-corrected chi connectivity index (χ2v) is 9.02. The third-order valence-corrected chi connectivity index (χ3v) is 5.50. The molecule has 1 unspecified atom stereocenters. The van der Waals surface area contributed by atoms with Crippen molar-refractivity contribution in [2.24, 2.45) is 0 Å². The molecular weight excluding hydrogens is 466 g/mol. The molecule has 202 valence electrons. The Morgan fingerprint density at radius 2 is 1.23 bits per heavy atom. The monoisotopic (exact) mass is 505 g/mol. The van der Waals surface area contributed by atoms with Crippen LogP contribution < -0.4 is 5.32 Å². The first-order valence-corrected chi connectivity index (χ1v) is 11.6. The van der Waals surface area contributed by atoms with E-state index in [4.69, 9.17) is 0 Å². The van der Waals surface area contributed by atoms with Gasteiger partial charge in [-0.25, -0.2) is 0 Å². The van der Waals surface area contributed by atoms with Gasteiger partial charge in [0.25, 0.3) is 0 Å². The second kappa shape index (κ2) is 15.6. The molecule has 1 heterocycles. The van der Waals surface area contributed by atoms with Gasteiger partial charge in [0.2, 0.25) is 5.91 Å². The topological polar surface area (TPSA) is 194 Å². The van der Waals surface area contributed by atoms with Crippen LogP contribution in [0.1, 0.15) is 20.3 Å². The molecule has 1 atom stereocenters. The van der Waals surface area contributed by atoms with Gasteiger partial charge in [-0.15, -0.1) is 0 Å². The van der Waals surface area contributed by atoms with Crippen molar-refractivity contribution in [3.8, 4) is 0 Å². The van der Waals surface area contributed by atoms with Crippen LogP contribution in [-0.4, -0.2) is 159 Å². The summed E-state index contributed by atoms with van der Waals surface area (Å²) < 4.78 is 0. The van der Waals surface area contributed by atoms with Gasteiger partial charge in [0.05, 0.1) is 19.6 Å². The van der Waals surface area contributed by atoms with Crippen LogP contribution in [0.25, 0.3) is 0 Å². The van der Waals surface area contributed by atoms with Crippen molar-refractivity contribution in [3.05, 3.63) is 0 Å². The Morgan fingerprint density at radius 3 is 1.66 bits per heavy atom. The molecule has 6 N–H and O–H groups in total. The summed E-state index contributed by atoms with van der Waals surface area (Å²) in [6.07, 6.45) is -1.73. The number of amides is 1. The number of nitrogens with one attached hydrogen (secondary N) is 1. The first-order chi connectivity index (χ1) is 16.3. The normalized spacial score (nSPS) is 20.3. The lowest BCUT2D eigenvalue weighted by molar-refractivity contribution is -0.141. The Kier molecular flexibility index (Phi) is 13.7. The number of carboxylic acid groups (broad SMARTS) is 3. The number of hydrogen-bond donors (Lipinski definition) is 6. The Labute approximate surface area is 204 Å². The summed E-state index contributed by atoms with van der Waals surface area (Å²) in [5, 5.41) is 50.0. The lowest BCUT2D eigenvalue weighted by atomic mass is 10.1. The lowest BCUT2D eigenvalue weighted by Crippen LogP contribution is -2.54. The first-order valence-electron chi connectivity index (χ1n) is 11.6. The van der Waals surface area contributed by atoms with Gasteiger partial charge in [0, 0.05) is 70.9 Å². The highest BCUT2D eigenvalue weighted by atomic mass is 16.5. The van der Waals surface area contributed by atoms with Gasteiger partial charge in [-0.05, 0) is 13.8 Å². The molecule has 1 amide bonds. The van der Waals surface area contributed by atoms with Crippen molar-refractivity contribution in [3.63, 3.8) is 0 Å². The highest BCUT2D eigenvalue weighted by Gasteiger charge is 2.28. The molecule has 1 saturated heterocycles. The highest BCUT2D eigenvalue weighted by molar-refractivity contribution is 5.77. The van der Waals surface area contributed by atoms with Crippen LogP contribution in [0.3, 0.4) is 0 Å². The minimum Gasteiger partial charge on any atom is -0.480 e. The van der Waals surface area contributed by atoms with E-state index >= 15 is 0 Å². The van der Waals surface area contributed by atoms with Crippen molar-refractivity contribution in [2.45, 2.75) is 38.6 Å². The van der Waals surface area contributed by atoms with Crippen molar-refractivity contribution in [1.82, 2.24) is 24.9 Å². The van der Waals surface area contributed by atoms with Gasteiger partial charge in [-0.1, -0.05) is 0 Å². The standard InChI is InChI=1S/C21H39N5O9/c1-15(2)22-17(27)9-16-10-25(13-20(32)33)6-5-23(11-18(28)29)3-4-24(12-19(30)31)7-8-26(16)14-21(34)35/h15-16,20,32-33H,3-14H2,1-2H3,(H,22,27)(H,28,29)(H,30,31)(H,34,35). The van der Waals surface area contributed by atoms with Gasteiger partial charge in [-0.3, -0.25) is 38.8 Å².